The summed E-state index contributed by atoms with van der Waals surface area (Å²) in [5.74, 6) is -0.802. The van der Waals surface area contributed by atoms with Crippen LogP contribution in [0, 0.1) is 10.1 Å². The Morgan fingerprint density at radius 2 is 2.13 bits per heavy atom. The zero-order chi connectivity index (χ0) is 21.7. The molecule has 8 heteroatoms. The number of phenolic OH excluding ortho intramolecular Hbond substituents is 1. The topological polar surface area (TPSA) is 119 Å². The van der Waals surface area contributed by atoms with Gasteiger partial charge >= 0.3 is 0 Å². The lowest BCUT2D eigenvalue weighted by atomic mass is 9.91. The second-order valence-corrected chi connectivity index (χ2v) is 6.62. The maximum atomic E-state index is 12.9. The third-order valence-corrected chi connectivity index (χ3v) is 4.78. The van der Waals surface area contributed by atoms with Crippen molar-refractivity contribution >= 4 is 29.4 Å². The molecule has 2 N–H and O–H groups in total. The van der Waals surface area contributed by atoms with Gasteiger partial charge in [-0.1, -0.05) is 24.3 Å². The predicted molar refractivity (Wildman–Crippen MR) is 112 cm³/mol. The second kappa shape index (κ2) is 9.15. The van der Waals surface area contributed by atoms with Crippen LogP contribution in [0.15, 0.2) is 42.5 Å². The number of benzene rings is 2. The molecule has 1 heterocycles. The first-order valence-corrected chi connectivity index (χ1v) is 9.22. The van der Waals surface area contributed by atoms with E-state index >= 15 is 0 Å². The molecule has 30 heavy (non-hydrogen) atoms. The van der Waals surface area contributed by atoms with E-state index in [4.69, 9.17) is 4.74 Å². The lowest BCUT2D eigenvalue weighted by Gasteiger charge is -2.19. The second-order valence-electron chi connectivity index (χ2n) is 6.62. The van der Waals surface area contributed by atoms with Gasteiger partial charge in [-0.3, -0.25) is 19.7 Å². The Hall–Kier alpha value is -3.78. The Balaban J connectivity index is 2.04. The lowest BCUT2D eigenvalue weighted by Crippen LogP contribution is -2.20. The summed E-state index contributed by atoms with van der Waals surface area (Å²) in [5, 5.41) is 25.0. The van der Waals surface area contributed by atoms with Gasteiger partial charge in [0, 0.05) is 29.8 Å². The zero-order valence-corrected chi connectivity index (χ0v) is 16.3. The molecule has 154 valence electrons. The molecule has 0 unspecified atom stereocenters. The molecule has 0 saturated heterocycles. The number of aromatic hydroxyl groups is 1. The molecule has 0 aromatic heterocycles. The van der Waals surface area contributed by atoms with Crippen molar-refractivity contribution in [1.29, 1.82) is 0 Å². The number of allylic oxidation sites excluding steroid dienone is 1. The number of non-ortho nitro benzene ring substituents is 1. The van der Waals surface area contributed by atoms with Crippen LogP contribution in [0.25, 0.3) is 11.6 Å². The van der Waals surface area contributed by atoms with Gasteiger partial charge in [0.2, 0.25) is 0 Å². The van der Waals surface area contributed by atoms with Gasteiger partial charge in [0.1, 0.15) is 17.1 Å². The summed E-state index contributed by atoms with van der Waals surface area (Å²) in [7, 11) is 1.34. The van der Waals surface area contributed by atoms with E-state index in [1.165, 1.54) is 43.5 Å². The molecule has 0 saturated carbocycles. The van der Waals surface area contributed by atoms with Gasteiger partial charge in [-0.25, -0.2) is 0 Å². The molecular formula is C22H20N2O6. The summed E-state index contributed by atoms with van der Waals surface area (Å²) in [6.07, 6.45) is 5.71. The van der Waals surface area contributed by atoms with Crippen molar-refractivity contribution in [2.45, 2.75) is 6.42 Å². The largest absolute Gasteiger partial charge is 0.506 e. The minimum Gasteiger partial charge on any atom is -0.506 e. The van der Waals surface area contributed by atoms with Crippen molar-refractivity contribution in [3.63, 3.8) is 0 Å². The number of nitrogens with zero attached hydrogens (tertiary/aromatic N) is 1. The Labute approximate surface area is 172 Å². The molecule has 8 nitrogen and oxygen atoms in total. The maximum absolute atomic E-state index is 12.9. The van der Waals surface area contributed by atoms with E-state index in [1.807, 2.05) is 6.08 Å². The van der Waals surface area contributed by atoms with E-state index in [1.54, 1.807) is 6.07 Å². The number of ether oxygens (including phenoxy) is 1. The Bertz CT molecular complexity index is 1070. The van der Waals surface area contributed by atoms with Crippen LogP contribution in [0.1, 0.15) is 38.3 Å². The minimum atomic E-state index is -0.552. The van der Waals surface area contributed by atoms with E-state index < -0.39 is 10.7 Å². The van der Waals surface area contributed by atoms with Crippen LogP contribution in [0.3, 0.4) is 0 Å². The van der Waals surface area contributed by atoms with Gasteiger partial charge < -0.3 is 15.2 Å². The molecule has 2 aromatic rings. The van der Waals surface area contributed by atoms with Crippen molar-refractivity contribution in [2.75, 3.05) is 20.2 Å². The van der Waals surface area contributed by atoms with E-state index in [2.05, 4.69) is 5.32 Å². The molecule has 0 radical (unpaired) electrons. The van der Waals surface area contributed by atoms with E-state index in [0.717, 1.165) is 5.57 Å². The smallest absolute Gasteiger partial charge is 0.270 e. The number of hydrogen-bond donors (Lipinski definition) is 2. The van der Waals surface area contributed by atoms with Gasteiger partial charge in [0.15, 0.2) is 12.1 Å². The average molecular weight is 408 g/mol. The molecule has 3 rings (SSSR count). The fourth-order valence-corrected chi connectivity index (χ4v) is 3.34. The number of nitro benzene ring substituents is 1. The number of phenols is 1. The molecule has 2 aromatic carbocycles. The Kier molecular flexibility index (Phi) is 6.38. The van der Waals surface area contributed by atoms with Crippen molar-refractivity contribution in [3.05, 3.63) is 74.9 Å². The summed E-state index contributed by atoms with van der Waals surface area (Å²) in [4.78, 5) is 34.9. The third-order valence-electron chi connectivity index (χ3n) is 4.78. The molecule has 0 amide bonds. The number of nitrogens with one attached hydrogen (secondary N) is 1. The number of carbonyl (C=O) groups excluding carboxylic acids is 2. The number of aldehydes is 1. The molecular weight excluding hydrogens is 388 g/mol. The van der Waals surface area contributed by atoms with Crippen molar-refractivity contribution in [3.8, 4) is 11.5 Å². The van der Waals surface area contributed by atoms with Gasteiger partial charge in [-0.2, -0.15) is 0 Å². The summed E-state index contributed by atoms with van der Waals surface area (Å²) >= 11 is 0. The monoisotopic (exact) mass is 408 g/mol. The zero-order valence-electron chi connectivity index (χ0n) is 16.3. The first kappa shape index (κ1) is 20.9. The maximum Gasteiger partial charge on any atom is 0.270 e. The number of carbonyl (C=O) groups is 2. The standard InChI is InChI=1S/C22H20N2O6/c1-30-19-12-16(13-25)20(15-7-9-23-10-8-15)22(27)21(19)18(26)6-5-14-3-2-4-17(11-14)24(28)29/h2-7,11-13,23,27H,8-10H2,1H3/b6-5+. The molecule has 1 aliphatic rings. The van der Waals surface area contributed by atoms with Crippen LogP contribution in [-0.2, 0) is 0 Å². The van der Waals surface area contributed by atoms with Crippen molar-refractivity contribution in [1.82, 2.24) is 5.32 Å². The number of methoxy groups -OCH3 is 1. The molecule has 0 fully saturated rings. The van der Waals surface area contributed by atoms with Gasteiger partial charge in [-0.05, 0) is 36.2 Å². The predicted octanol–water partition coefficient (Wildman–Crippen LogP) is 3.39. The summed E-state index contributed by atoms with van der Waals surface area (Å²) in [5.41, 5.74) is 1.62. The summed E-state index contributed by atoms with van der Waals surface area (Å²) in [6, 6.07) is 7.25. The molecule has 1 aliphatic heterocycles. The van der Waals surface area contributed by atoms with Gasteiger partial charge in [0.05, 0.1) is 12.0 Å². The number of ketones is 1. The average Bonchev–Trinajstić information content (AvgIpc) is 2.77. The first-order valence-electron chi connectivity index (χ1n) is 9.22. The summed E-state index contributed by atoms with van der Waals surface area (Å²) < 4.78 is 5.24. The third kappa shape index (κ3) is 4.28. The van der Waals surface area contributed by atoms with Gasteiger partial charge in [0.25, 0.3) is 5.69 Å². The van der Waals surface area contributed by atoms with Crippen LogP contribution in [0.4, 0.5) is 5.69 Å². The SMILES string of the molecule is COc1cc(C=O)c(C2=CCNCC2)c(O)c1C(=O)/C=C/c1cccc([N+](=O)[O-])c1. The van der Waals surface area contributed by atoms with Crippen LogP contribution in [-0.4, -0.2) is 42.3 Å². The van der Waals surface area contributed by atoms with Gasteiger partial charge in [-0.15, -0.1) is 0 Å². The highest BCUT2D eigenvalue weighted by Gasteiger charge is 2.24. The highest BCUT2D eigenvalue weighted by atomic mass is 16.6. The van der Waals surface area contributed by atoms with E-state index in [9.17, 15) is 24.8 Å². The van der Waals surface area contributed by atoms with Crippen LogP contribution in [0.2, 0.25) is 0 Å². The highest BCUT2D eigenvalue weighted by Crippen LogP contribution is 2.39. The number of nitro groups is 1. The van der Waals surface area contributed by atoms with Crippen molar-refractivity contribution in [2.24, 2.45) is 0 Å². The quantitative estimate of drug-likeness (QED) is 0.237. The minimum absolute atomic E-state index is 0.0702. The number of hydrogen-bond acceptors (Lipinski definition) is 7. The molecule has 0 atom stereocenters. The van der Waals surface area contributed by atoms with E-state index in [-0.39, 0.29) is 28.3 Å². The Morgan fingerprint density at radius 3 is 2.77 bits per heavy atom. The fourth-order valence-electron chi connectivity index (χ4n) is 3.34. The number of rotatable bonds is 7. The molecule has 0 bridgehead atoms. The van der Waals surface area contributed by atoms with Crippen LogP contribution in [0.5, 0.6) is 11.5 Å². The van der Waals surface area contributed by atoms with Crippen LogP contribution < -0.4 is 10.1 Å². The summed E-state index contributed by atoms with van der Waals surface area (Å²) in [6.45, 7) is 1.28. The van der Waals surface area contributed by atoms with E-state index in [0.29, 0.717) is 36.9 Å². The highest BCUT2D eigenvalue weighted by molar-refractivity contribution is 6.12. The van der Waals surface area contributed by atoms with Crippen molar-refractivity contribution < 1.29 is 24.4 Å². The molecule has 0 spiro atoms. The van der Waals surface area contributed by atoms with Crippen LogP contribution >= 0.6 is 0 Å². The Morgan fingerprint density at radius 1 is 1.33 bits per heavy atom. The fraction of sp³-hybridized carbons (Fsp3) is 0.182. The first-order chi connectivity index (χ1) is 14.5. The normalized spacial score (nSPS) is 13.7. The lowest BCUT2D eigenvalue weighted by molar-refractivity contribution is -0.384. The molecule has 0 aliphatic carbocycles.